The van der Waals surface area contributed by atoms with Crippen LogP contribution in [0.15, 0.2) is 24.4 Å². The van der Waals surface area contributed by atoms with Crippen LogP contribution in [0.1, 0.15) is 27.2 Å². The number of hydrogen-bond donors (Lipinski definition) is 1. The van der Waals surface area contributed by atoms with Crippen LogP contribution in [0.5, 0.6) is 0 Å². The maximum absolute atomic E-state index is 12.7. The molecule has 116 valence electrons. The Morgan fingerprint density at radius 3 is 2.64 bits per heavy atom. The summed E-state index contributed by atoms with van der Waals surface area (Å²) in [5.74, 6) is 0.0792. The largest absolute Gasteiger partial charge is 0.336 e. The summed E-state index contributed by atoms with van der Waals surface area (Å²) in [6, 6.07) is 6.16. The van der Waals surface area contributed by atoms with Crippen LogP contribution in [0.3, 0.4) is 0 Å². The van der Waals surface area contributed by atoms with Crippen LogP contribution in [-0.4, -0.2) is 46.8 Å². The molecule has 0 atom stereocenters. The van der Waals surface area contributed by atoms with Crippen molar-refractivity contribution in [3.63, 3.8) is 0 Å². The quantitative estimate of drug-likeness (QED) is 0.920. The van der Waals surface area contributed by atoms with E-state index in [0.717, 1.165) is 37.6 Å². The summed E-state index contributed by atoms with van der Waals surface area (Å²) in [7, 11) is 0. The third-order valence-electron chi connectivity index (χ3n) is 4.45. The van der Waals surface area contributed by atoms with Crippen molar-refractivity contribution in [2.24, 2.45) is 0 Å². The summed E-state index contributed by atoms with van der Waals surface area (Å²) < 4.78 is 1.87. The molecule has 0 bridgehead atoms. The SMILES string of the molecule is Cc1cccc(-n2ncc(C(=O)N3CCNCC3)c2C)c1C. The third kappa shape index (κ3) is 2.52. The zero-order valence-electron chi connectivity index (χ0n) is 13.4. The van der Waals surface area contributed by atoms with Crippen molar-refractivity contribution in [3.05, 3.63) is 46.8 Å². The third-order valence-corrected chi connectivity index (χ3v) is 4.45. The Kier molecular flexibility index (Phi) is 3.98. The summed E-state index contributed by atoms with van der Waals surface area (Å²) in [4.78, 5) is 14.6. The van der Waals surface area contributed by atoms with Crippen molar-refractivity contribution < 1.29 is 4.79 Å². The molecule has 1 saturated heterocycles. The molecule has 0 aliphatic carbocycles. The number of carbonyl (C=O) groups is 1. The Morgan fingerprint density at radius 1 is 1.18 bits per heavy atom. The van der Waals surface area contributed by atoms with E-state index in [4.69, 9.17) is 0 Å². The Bertz CT molecular complexity index is 699. The zero-order chi connectivity index (χ0) is 15.7. The molecule has 0 unspecified atom stereocenters. The average molecular weight is 298 g/mol. The van der Waals surface area contributed by atoms with Crippen molar-refractivity contribution in [2.45, 2.75) is 20.8 Å². The monoisotopic (exact) mass is 298 g/mol. The minimum Gasteiger partial charge on any atom is -0.336 e. The van der Waals surface area contributed by atoms with Crippen molar-refractivity contribution >= 4 is 5.91 Å². The average Bonchev–Trinajstić information content (AvgIpc) is 2.92. The number of amides is 1. The molecule has 1 amide bonds. The second-order valence-corrected chi connectivity index (χ2v) is 5.82. The fourth-order valence-electron chi connectivity index (χ4n) is 2.87. The molecular formula is C17H22N4O. The number of piperazine rings is 1. The molecule has 0 spiro atoms. The Balaban J connectivity index is 1.95. The zero-order valence-corrected chi connectivity index (χ0v) is 13.4. The van der Waals surface area contributed by atoms with Gasteiger partial charge in [-0.2, -0.15) is 5.10 Å². The van der Waals surface area contributed by atoms with Crippen LogP contribution in [-0.2, 0) is 0 Å². The highest BCUT2D eigenvalue weighted by Crippen LogP contribution is 2.21. The van der Waals surface area contributed by atoms with E-state index in [-0.39, 0.29) is 5.91 Å². The lowest BCUT2D eigenvalue weighted by molar-refractivity contribution is 0.0735. The lowest BCUT2D eigenvalue weighted by Gasteiger charge is -2.27. The minimum atomic E-state index is 0.0792. The molecule has 2 heterocycles. The van der Waals surface area contributed by atoms with Gasteiger partial charge in [0.1, 0.15) is 0 Å². The van der Waals surface area contributed by atoms with E-state index >= 15 is 0 Å². The first-order valence-electron chi connectivity index (χ1n) is 7.71. The van der Waals surface area contributed by atoms with E-state index < -0.39 is 0 Å². The minimum absolute atomic E-state index is 0.0792. The predicted octanol–water partition coefficient (Wildman–Crippen LogP) is 1.84. The highest BCUT2D eigenvalue weighted by molar-refractivity contribution is 5.95. The van der Waals surface area contributed by atoms with Gasteiger partial charge in [-0.1, -0.05) is 12.1 Å². The first-order valence-corrected chi connectivity index (χ1v) is 7.71. The van der Waals surface area contributed by atoms with E-state index in [1.807, 2.05) is 28.6 Å². The van der Waals surface area contributed by atoms with Crippen molar-refractivity contribution in [3.8, 4) is 5.69 Å². The number of benzene rings is 1. The smallest absolute Gasteiger partial charge is 0.257 e. The maximum atomic E-state index is 12.7. The highest BCUT2D eigenvalue weighted by Gasteiger charge is 2.22. The number of aromatic nitrogens is 2. The van der Waals surface area contributed by atoms with Gasteiger partial charge in [-0.15, -0.1) is 0 Å². The molecule has 1 fully saturated rings. The molecule has 1 aromatic carbocycles. The van der Waals surface area contributed by atoms with Crippen LogP contribution >= 0.6 is 0 Å². The van der Waals surface area contributed by atoms with Gasteiger partial charge in [0.15, 0.2) is 0 Å². The van der Waals surface area contributed by atoms with Gasteiger partial charge in [-0.3, -0.25) is 4.79 Å². The summed E-state index contributed by atoms with van der Waals surface area (Å²) in [5, 5.41) is 7.72. The second-order valence-electron chi connectivity index (χ2n) is 5.82. The molecule has 1 aromatic heterocycles. The molecule has 0 radical (unpaired) electrons. The fourth-order valence-corrected chi connectivity index (χ4v) is 2.87. The normalized spacial score (nSPS) is 15.1. The molecule has 1 aliphatic rings. The molecule has 1 N–H and O–H groups in total. The summed E-state index contributed by atoms with van der Waals surface area (Å²) in [5.41, 5.74) is 5.05. The number of carbonyl (C=O) groups excluding carboxylic acids is 1. The standard InChI is InChI=1S/C17H22N4O/c1-12-5-4-6-16(13(12)2)21-14(3)15(11-19-21)17(22)20-9-7-18-8-10-20/h4-6,11,18H,7-10H2,1-3H3. The molecule has 5 heteroatoms. The molecule has 2 aromatic rings. The van der Waals surface area contributed by atoms with Crippen LogP contribution in [0.25, 0.3) is 5.69 Å². The van der Waals surface area contributed by atoms with Gasteiger partial charge in [0.05, 0.1) is 23.1 Å². The topological polar surface area (TPSA) is 50.2 Å². The second kappa shape index (κ2) is 5.93. The summed E-state index contributed by atoms with van der Waals surface area (Å²) >= 11 is 0. The van der Waals surface area contributed by atoms with Crippen LogP contribution in [0.2, 0.25) is 0 Å². The van der Waals surface area contributed by atoms with Crippen molar-refractivity contribution in [2.75, 3.05) is 26.2 Å². The van der Waals surface area contributed by atoms with Gasteiger partial charge in [0, 0.05) is 26.2 Å². The number of hydrogen-bond acceptors (Lipinski definition) is 3. The number of nitrogens with one attached hydrogen (secondary N) is 1. The van der Waals surface area contributed by atoms with E-state index in [1.54, 1.807) is 6.20 Å². The molecule has 5 nitrogen and oxygen atoms in total. The molecule has 3 rings (SSSR count). The first-order chi connectivity index (χ1) is 10.6. The van der Waals surface area contributed by atoms with Gasteiger partial charge in [-0.05, 0) is 38.0 Å². The maximum Gasteiger partial charge on any atom is 0.257 e. The Hall–Kier alpha value is -2.14. The lowest BCUT2D eigenvalue weighted by Crippen LogP contribution is -2.46. The predicted molar refractivity (Wildman–Crippen MR) is 86.5 cm³/mol. The van der Waals surface area contributed by atoms with E-state index in [0.29, 0.717) is 5.56 Å². The van der Waals surface area contributed by atoms with Crippen LogP contribution in [0, 0.1) is 20.8 Å². The molecule has 1 aliphatic heterocycles. The van der Waals surface area contributed by atoms with E-state index in [1.165, 1.54) is 11.1 Å². The number of aryl methyl sites for hydroxylation is 1. The lowest BCUT2D eigenvalue weighted by atomic mass is 10.1. The van der Waals surface area contributed by atoms with Crippen LogP contribution in [0.4, 0.5) is 0 Å². The Morgan fingerprint density at radius 2 is 1.91 bits per heavy atom. The highest BCUT2D eigenvalue weighted by atomic mass is 16.2. The van der Waals surface area contributed by atoms with E-state index in [2.05, 4.69) is 30.3 Å². The van der Waals surface area contributed by atoms with E-state index in [9.17, 15) is 4.79 Å². The fraction of sp³-hybridized carbons (Fsp3) is 0.412. The van der Waals surface area contributed by atoms with Gasteiger partial charge in [0.25, 0.3) is 5.91 Å². The van der Waals surface area contributed by atoms with Crippen molar-refractivity contribution in [1.29, 1.82) is 0 Å². The van der Waals surface area contributed by atoms with Gasteiger partial charge < -0.3 is 10.2 Å². The first kappa shape index (κ1) is 14.8. The van der Waals surface area contributed by atoms with Crippen molar-refractivity contribution in [1.82, 2.24) is 20.0 Å². The number of nitrogens with zero attached hydrogens (tertiary/aromatic N) is 3. The van der Waals surface area contributed by atoms with Gasteiger partial charge in [-0.25, -0.2) is 4.68 Å². The Labute approximate surface area is 130 Å². The van der Waals surface area contributed by atoms with Gasteiger partial charge in [0.2, 0.25) is 0 Å². The summed E-state index contributed by atoms with van der Waals surface area (Å²) in [6.45, 7) is 9.37. The molecule has 0 saturated carbocycles. The molecule has 22 heavy (non-hydrogen) atoms. The van der Waals surface area contributed by atoms with Gasteiger partial charge >= 0.3 is 0 Å². The summed E-state index contributed by atoms with van der Waals surface area (Å²) in [6.07, 6.45) is 1.70. The molecular weight excluding hydrogens is 276 g/mol. The van der Waals surface area contributed by atoms with Crippen LogP contribution < -0.4 is 5.32 Å². The number of rotatable bonds is 2.